The molecule has 3 aromatic rings. The summed E-state index contributed by atoms with van der Waals surface area (Å²) in [4.78, 5) is 11.9. The zero-order chi connectivity index (χ0) is 19.2. The summed E-state index contributed by atoms with van der Waals surface area (Å²) in [7, 11) is 0. The highest BCUT2D eigenvalue weighted by Gasteiger charge is 2.08. The number of rotatable bonds is 4. The summed E-state index contributed by atoms with van der Waals surface area (Å²) in [5, 5.41) is 6.24. The molecule has 3 rings (SSSR count). The van der Waals surface area contributed by atoms with Crippen molar-refractivity contribution >= 4 is 62.9 Å². The number of benzene rings is 3. The smallest absolute Gasteiger partial charge is 0.276 e. The summed E-state index contributed by atoms with van der Waals surface area (Å²) < 4.78 is 5.36. The second-order valence-electron chi connectivity index (χ2n) is 5.52. The van der Waals surface area contributed by atoms with Gasteiger partial charge in [-0.2, -0.15) is 0 Å². The molecule has 0 unspecified atom stereocenters. The van der Waals surface area contributed by atoms with E-state index in [0.29, 0.717) is 15.8 Å². The van der Waals surface area contributed by atoms with Crippen molar-refractivity contribution in [2.45, 2.75) is 0 Å². The first-order valence-electron chi connectivity index (χ1n) is 7.94. The Morgan fingerprint density at radius 2 is 1.78 bits per heavy atom. The van der Waals surface area contributed by atoms with Crippen LogP contribution in [0, 0.1) is 0 Å². The van der Waals surface area contributed by atoms with Crippen molar-refractivity contribution in [3.8, 4) is 5.75 Å². The zero-order valence-electron chi connectivity index (χ0n) is 14.0. The van der Waals surface area contributed by atoms with Crippen LogP contribution in [-0.4, -0.2) is 17.6 Å². The minimum atomic E-state index is -0.414. The van der Waals surface area contributed by atoms with E-state index < -0.39 is 5.91 Å². The number of nitrogens with one attached hydrogen (secondary N) is 3. The van der Waals surface area contributed by atoms with Crippen LogP contribution in [-0.2, 0) is 4.79 Å². The number of fused-ring (bicyclic) bond motifs is 1. The largest absolute Gasteiger partial charge is 0.482 e. The molecule has 3 aromatic carbocycles. The van der Waals surface area contributed by atoms with E-state index in [-0.39, 0.29) is 11.7 Å². The topological polar surface area (TPSA) is 62.4 Å². The fourth-order valence-electron chi connectivity index (χ4n) is 2.39. The van der Waals surface area contributed by atoms with Gasteiger partial charge in [0.2, 0.25) is 0 Å². The highest BCUT2D eigenvalue weighted by atomic mass is 35.5. The van der Waals surface area contributed by atoms with Crippen molar-refractivity contribution in [2.75, 3.05) is 11.9 Å². The normalized spacial score (nSPS) is 10.3. The molecular formula is C19H15Cl2N3O2S. The molecule has 0 heterocycles. The van der Waals surface area contributed by atoms with Crippen LogP contribution in [0.4, 0.5) is 5.69 Å². The van der Waals surface area contributed by atoms with Gasteiger partial charge in [0, 0.05) is 16.1 Å². The Hall–Kier alpha value is -2.54. The number of anilines is 1. The Labute approximate surface area is 171 Å². The number of amides is 1. The summed E-state index contributed by atoms with van der Waals surface area (Å²) in [5.74, 6) is -0.0456. The molecular weight excluding hydrogens is 405 g/mol. The molecule has 1 amide bonds. The molecule has 3 N–H and O–H groups in total. The molecule has 0 atom stereocenters. The molecule has 0 saturated heterocycles. The van der Waals surface area contributed by atoms with Crippen LogP contribution in [0.1, 0.15) is 0 Å². The predicted octanol–water partition coefficient (Wildman–Crippen LogP) is 4.54. The van der Waals surface area contributed by atoms with E-state index in [1.165, 1.54) is 6.07 Å². The van der Waals surface area contributed by atoms with Crippen LogP contribution in [0.5, 0.6) is 5.75 Å². The third-order valence-corrected chi connectivity index (χ3v) is 4.34. The molecule has 5 nitrogen and oxygen atoms in total. The lowest BCUT2D eigenvalue weighted by Crippen LogP contribution is -2.45. The number of hydrogen-bond acceptors (Lipinski definition) is 3. The van der Waals surface area contributed by atoms with Crippen molar-refractivity contribution in [3.05, 3.63) is 70.7 Å². The lowest BCUT2D eigenvalue weighted by Gasteiger charge is -2.14. The van der Waals surface area contributed by atoms with Crippen LogP contribution in [0.3, 0.4) is 0 Å². The Balaban J connectivity index is 1.50. The standard InChI is InChI=1S/C19H15Cl2N3O2S/c20-13-8-9-17(15(21)10-13)26-11-18(25)23-24-19(27)22-16-7-3-5-12-4-1-2-6-14(12)16/h1-10H,11H2,(H,23,25)(H2,22,24,27). The minimum Gasteiger partial charge on any atom is -0.482 e. The summed E-state index contributed by atoms with van der Waals surface area (Å²) in [6.45, 7) is -0.231. The number of carbonyl (C=O) groups excluding carboxylic acids is 1. The van der Waals surface area contributed by atoms with Gasteiger partial charge in [-0.1, -0.05) is 59.6 Å². The summed E-state index contributed by atoms with van der Waals surface area (Å²) in [6, 6.07) is 18.5. The third kappa shape index (κ3) is 5.23. The molecule has 0 spiro atoms. The SMILES string of the molecule is O=C(COc1ccc(Cl)cc1Cl)NNC(=S)Nc1cccc2ccccc12. The van der Waals surface area contributed by atoms with E-state index in [0.717, 1.165) is 16.5 Å². The van der Waals surface area contributed by atoms with Crippen LogP contribution < -0.4 is 20.9 Å². The maximum Gasteiger partial charge on any atom is 0.276 e. The van der Waals surface area contributed by atoms with Crippen LogP contribution in [0.15, 0.2) is 60.7 Å². The lowest BCUT2D eigenvalue weighted by atomic mass is 10.1. The minimum absolute atomic E-state index is 0.231. The average molecular weight is 420 g/mol. The van der Waals surface area contributed by atoms with Gasteiger partial charge >= 0.3 is 0 Å². The number of ether oxygens (including phenoxy) is 1. The maximum absolute atomic E-state index is 11.9. The van der Waals surface area contributed by atoms with E-state index in [1.54, 1.807) is 12.1 Å². The second kappa shape index (κ2) is 8.90. The van der Waals surface area contributed by atoms with Crippen molar-refractivity contribution in [1.29, 1.82) is 0 Å². The molecule has 0 saturated carbocycles. The van der Waals surface area contributed by atoms with E-state index in [2.05, 4.69) is 16.2 Å². The third-order valence-electron chi connectivity index (χ3n) is 3.61. The number of halogens is 2. The monoisotopic (exact) mass is 419 g/mol. The van der Waals surface area contributed by atoms with Crippen LogP contribution in [0.25, 0.3) is 10.8 Å². The molecule has 0 bridgehead atoms. The van der Waals surface area contributed by atoms with E-state index in [1.807, 2.05) is 42.5 Å². The number of thiocarbonyl (C=S) groups is 1. The molecule has 138 valence electrons. The van der Waals surface area contributed by atoms with E-state index in [9.17, 15) is 4.79 Å². The zero-order valence-corrected chi connectivity index (χ0v) is 16.3. The van der Waals surface area contributed by atoms with Crippen molar-refractivity contribution in [3.63, 3.8) is 0 Å². The van der Waals surface area contributed by atoms with Gasteiger partial charge in [0.15, 0.2) is 11.7 Å². The Morgan fingerprint density at radius 1 is 1.00 bits per heavy atom. The highest BCUT2D eigenvalue weighted by molar-refractivity contribution is 7.80. The highest BCUT2D eigenvalue weighted by Crippen LogP contribution is 2.27. The quantitative estimate of drug-likeness (QED) is 0.427. The van der Waals surface area contributed by atoms with Gasteiger partial charge in [-0.25, -0.2) is 0 Å². The van der Waals surface area contributed by atoms with Crippen LogP contribution >= 0.6 is 35.4 Å². The fraction of sp³-hybridized carbons (Fsp3) is 0.0526. The Kier molecular flexibility index (Phi) is 6.34. The van der Waals surface area contributed by atoms with Crippen molar-refractivity contribution < 1.29 is 9.53 Å². The fourth-order valence-corrected chi connectivity index (χ4v) is 3.01. The first kappa shape index (κ1) is 19.2. The van der Waals surface area contributed by atoms with Crippen LogP contribution in [0.2, 0.25) is 10.0 Å². The molecule has 0 aliphatic heterocycles. The predicted molar refractivity (Wildman–Crippen MR) is 113 cm³/mol. The second-order valence-corrected chi connectivity index (χ2v) is 6.77. The molecule has 8 heteroatoms. The van der Waals surface area contributed by atoms with Gasteiger partial charge in [0.05, 0.1) is 5.02 Å². The molecule has 0 fully saturated rings. The lowest BCUT2D eigenvalue weighted by molar-refractivity contribution is -0.123. The first-order chi connectivity index (χ1) is 13.0. The molecule has 27 heavy (non-hydrogen) atoms. The van der Waals surface area contributed by atoms with Gasteiger partial charge in [-0.05, 0) is 41.9 Å². The number of hydrogen-bond donors (Lipinski definition) is 3. The van der Waals surface area contributed by atoms with Gasteiger partial charge in [-0.15, -0.1) is 0 Å². The van der Waals surface area contributed by atoms with Gasteiger partial charge < -0.3 is 10.1 Å². The molecule has 0 aliphatic rings. The number of carbonyl (C=O) groups is 1. The Morgan fingerprint density at radius 3 is 2.59 bits per heavy atom. The van der Waals surface area contributed by atoms with Gasteiger partial charge in [0.1, 0.15) is 5.75 Å². The van der Waals surface area contributed by atoms with Gasteiger partial charge in [0.25, 0.3) is 5.91 Å². The van der Waals surface area contributed by atoms with Crippen molar-refractivity contribution in [2.24, 2.45) is 0 Å². The maximum atomic E-state index is 11.9. The Bertz CT molecular complexity index is 992. The molecule has 0 aliphatic carbocycles. The summed E-state index contributed by atoms with van der Waals surface area (Å²) >= 11 is 17.0. The number of hydrazine groups is 1. The molecule has 0 radical (unpaired) electrons. The molecule has 0 aromatic heterocycles. The first-order valence-corrected chi connectivity index (χ1v) is 9.11. The average Bonchev–Trinajstić information content (AvgIpc) is 2.66. The van der Waals surface area contributed by atoms with E-state index >= 15 is 0 Å². The van der Waals surface area contributed by atoms with E-state index in [4.69, 9.17) is 40.2 Å². The van der Waals surface area contributed by atoms with Crippen molar-refractivity contribution in [1.82, 2.24) is 10.9 Å². The van der Waals surface area contributed by atoms with Gasteiger partial charge in [-0.3, -0.25) is 15.6 Å². The summed E-state index contributed by atoms with van der Waals surface area (Å²) in [6.07, 6.45) is 0. The summed E-state index contributed by atoms with van der Waals surface area (Å²) in [5.41, 5.74) is 5.94.